The third-order valence-corrected chi connectivity index (χ3v) is 4.95. The van der Waals surface area contributed by atoms with E-state index >= 15 is 0 Å². The summed E-state index contributed by atoms with van der Waals surface area (Å²) in [6.45, 7) is 4.75. The van der Waals surface area contributed by atoms with E-state index in [9.17, 15) is 0 Å². The zero-order valence-electron chi connectivity index (χ0n) is 15.8. The quantitative estimate of drug-likeness (QED) is 0.876. The number of aliphatic hydroxyl groups excluding tert-OH is 1. The van der Waals surface area contributed by atoms with Gasteiger partial charge in [-0.3, -0.25) is 4.99 Å². The summed E-state index contributed by atoms with van der Waals surface area (Å²) in [4.78, 5) is 9.39. The minimum Gasteiger partial charge on any atom is -0.394 e. The lowest BCUT2D eigenvalue weighted by molar-refractivity contribution is 0.306. The number of aliphatic imine (C=N–C) groups is 1. The number of nitrogens with zero attached hydrogens (tertiary/aromatic N) is 4. The minimum atomic E-state index is 0.0453. The molecule has 0 saturated heterocycles. The van der Waals surface area contributed by atoms with E-state index in [4.69, 9.17) is 10.1 Å². The van der Waals surface area contributed by atoms with Crippen LogP contribution in [0.4, 0.5) is 0 Å². The Balaban J connectivity index is 1.85. The summed E-state index contributed by atoms with van der Waals surface area (Å²) in [5.74, 6) is 1.06. The summed E-state index contributed by atoms with van der Waals surface area (Å²) in [5, 5.41) is 17.1. The van der Waals surface area contributed by atoms with Crippen molar-refractivity contribution in [3.05, 3.63) is 59.6 Å². The zero-order valence-corrected chi connectivity index (χ0v) is 15.8. The van der Waals surface area contributed by atoms with Crippen LogP contribution in [0.3, 0.4) is 0 Å². The summed E-state index contributed by atoms with van der Waals surface area (Å²) in [7, 11) is 0. The molecule has 2 aliphatic rings. The average Bonchev–Trinajstić information content (AvgIpc) is 3.05. The third-order valence-electron chi connectivity index (χ3n) is 4.95. The lowest BCUT2D eigenvalue weighted by Crippen LogP contribution is -2.35. The summed E-state index contributed by atoms with van der Waals surface area (Å²) in [6, 6.07) is 4.18. The van der Waals surface area contributed by atoms with E-state index < -0.39 is 0 Å². The highest BCUT2D eigenvalue weighted by molar-refractivity contribution is 6.01. The van der Waals surface area contributed by atoms with Crippen LogP contribution in [0.25, 0.3) is 11.2 Å². The van der Waals surface area contributed by atoms with E-state index in [0.29, 0.717) is 6.54 Å². The van der Waals surface area contributed by atoms with Crippen molar-refractivity contribution in [3.8, 4) is 0 Å². The predicted molar refractivity (Wildman–Crippen MR) is 108 cm³/mol. The van der Waals surface area contributed by atoms with Crippen LogP contribution in [0, 0.1) is 0 Å². The summed E-state index contributed by atoms with van der Waals surface area (Å²) >= 11 is 0. The lowest BCUT2D eigenvalue weighted by atomic mass is 9.88. The molecule has 4 rings (SSSR count). The Morgan fingerprint density at radius 3 is 3.07 bits per heavy atom. The van der Waals surface area contributed by atoms with Gasteiger partial charge in [0.2, 0.25) is 0 Å². The number of fused-ring (bicyclic) bond motifs is 1. The molecule has 6 nitrogen and oxygen atoms in total. The zero-order chi connectivity index (χ0) is 18.8. The molecule has 0 saturated carbocycles. The molecule has 2 atom stereocenters. The van der Waals surface area contributed by atoms with Crippen LogP contribution in [0.15, 0.2) is 53.2 Å². The molecule has 1 aliphatic carbocycles. The maximum atomic E-state index is 9.10. The van der Waals surface area contributed by atoms with Crippen molar-refractivity contribution in [2.75, 3.05) is 13.2 Å². The summed E-state index contributed by atoms with van der Waals surface area (Å²) in [6.07, 6.45) is 12.2. The molecule has 2 aromatic rings. The van der Waals surface area contributed by atoms with Gasteiger partial charge in [-0.2, -0.15) is 5.10 Å². The monoisotopic (exact) mass is 363 g/mol. The van der Waals surface area contributed by atoms with Gasteiger partial charge in [0.1, 0.15) is 5.84 Å². The van der Waals surface area contributed by atoms with Crippen molar-refractivity contribution < 1.29 is 5.11 Å². The van der Waals surface area contributed by atoms with Gasteiger partial charge in [-0.1, -0.05) is 23.8 Å². The Morgan fingerprint density at radius 2 is 2.26 bits per heavy atom. The Bertz CT molecular complexity index is 966. The van der Waals surface area contributed by atoms with Crippen molar-refractivity contribution in [1.29, 1.82) is 0 Å². The standard InChI is InChI=1S/C21H25N5O/c1-14-5-3-6-16(11-14)20-21(26-19(25-20)7-4-8-23-26)17-12-15(2)24-18(13-17)22-9-10-27/h3-8,13,15-16,27H,9-12H2,1-2H3,(H,22,24). The Morgan fingerprint density at radius 1 is 1.37 bits per heavy atom. The smallest absolute Gasteiger partial charge is 0.154 e. The van der Waals surface area contributed by atoms with Crippen LogP contribution in [0.5, 0.6) is 0 Å². The first-order valence-electron chi connectivity index (χ1n) is 9.46. The van der Waals surface area contributed by atoms with Crippen LogP contribution in [-0.4, -0.2) is 44.7 Å². The van der Waals surface area contributed by atoms with Crippen LogP contribution in [-0.2, 0) is 0 Å². The van der Waals surface area contributed by atoms with E-state index in [1.54, 1.807) is 6.20 Å². The van der Waals surface area contributed by atoms with Gasteiger partial charge in [-0.25, -0.2) is 9.50 Å². The molecular weight excluding hydrogens is 338 g/mol. The lowest BCUT2D eigenvalue weighted by Gasteiger charge is -2.24. The largest absolute Gasteiger partial charge is 0.394 e. The maximum Gasteiger partial charge on any atom is 0.154 e. The highest BCUT2D eigenvalue weighted by Gasteiger charge is 2.26. The van der Waals surface area contributed by atoms with Crippen molar-refractivity contribution in [3.63, 3.8) is 0 Å². The van der Waals surface area contributed by atoms with Crippen LogP contribution in [0.2, 0.25) is 0 Å². The van der Waals surface area contributed by atoms with Crippen molar-refractivity contribution in [2.24, 2.45) is 4.99 Å². The fourth-order valence-electron chi connectivity index (χ4n) is 3.82. The first kappa shape index (κ1) is 17.7. The molecule has 0 bridgehead atoms. The van der Waals surface area contributed by atoms with Gasteiger partial charge in [0, 0.05) is 18.2 Å². The van der Waals surface area contributed by atoms with E-state index in [1.165, 1.54) is 11.1 Å². The maximum absolute atomic E-state index is 9.10. The molecule has 27 heavy (non-hydrogen) atoms. The number of aromatic nitrogens is 3. The van der Waals surface area contributed by atoms with Gasteiger partial charge in [-0.05, 0) is 50.5 Å². The highest BCUT2D eigenvalue weighted by Crippen LogP contribution is 2.35. The normalized spacial score (nSPS) is 24.0. The molecule has 0 spiro atoms. The van der Waals surface area contributed by atoms with Gasteiger partial charge in [0.05, 0.1) is 24.5 Å². The summed E-state index contributed by atoms with van der Waals surface area (Å²) < 4.78 is 1.95. The number of amidine groups is 1. The number of rotatable bonds is 4. The molecular formula is C21H25N5O. The van der Waals surface area contributed by atoms with E-state index in [2.05, 4.69) is 53.6 Å². The fraction of sp³-hybridized carbons (Fsp3) is 0.381. The van der Waals surface area contributed by atoms with Crippen LogP contribution in [0.1, 0.15) is 44.0 Å². The number of aliphatic hydroxyl groups is 1. The highest BCUT2D eigenvalue weighted by atomic mass is 16.3. The Kier molecular flexibility index (Phi) is 4.90. The van der Waals surface area contributed by atoms with Gasteiger partial charge in [-0.15, -0.1) is 0 Å². The van der Waals surface area contributed by atoms with E-state index in [1.807, 2.05) is 16.6 Å². The van der Waals surface area contributed by atoms with E-state index in [-0.39, 0.29) is 18.6 Å². The van der Waals surface area contributed by atoms with Crippen molar-refractivity contribution >= 4 is 17.1 Å². The van der Waals surface area contributed by atoms with Gasteiger partial charge < -0.3 is 10.4 Å². The molecule has 2 N–H and O–H groups in total. The second-order valence-corrected chi connectivity index (χ2v) is 7.26. The van der Waals surface area contributed by atoms with E-state index in [0.717, 1.165) is 35.7 Å². The molecule has 3 heterocycles. The molecule has 0 amide bonds. The molecule has 0 fully saturated rings. The van der Waals surface area contributed by atoms with Gasteiger partial charge in [0.15, 0.2) is 5.65 Å². The number of imidazole rings is 1. The first-order valence-corrected chi connectivity index (χ1v) is 9.46. The Hall–Kier alpha value is -2.73. The number of nitrogens with one attached hydrogen (secondary N) is 1. The second kappa shape index (κ2) is 7.48. The summed E-state index contributed by atoms with van der Waals surface area (Å²) in [5.41, 5.74) is 5.54. The number of hydrogen-bond acceptors (Lipinski definition) is 4. The SMILES string of the molecule is CC1=CC=CC(c2nc3cccnn3c2C2=CC(=NCCO)NC(C)C2)C1. The predicted octanol–water partition coefficient (Wildman–Crippen LogP) is 2.88. The number of hydrogen-bond donors (Lipinski definition) is 2. The number of allylic oxidation sites excluding steroid dienone is 4. The van der Waals surface area contributed by atoms with Gasteiger partial charge >= 0.3 is 0 Å². The molecule has 0 aromatic carbocycles. The van der Waals surface area contributed by atoms with Crippen molar-refractivity contribution in [1.82, 2.24) is 19.9 Å². The van der Waals surface area contributed by atoms with Crippen molar-refractivity contribution in [2.45, 2.75) is 38.6 Å². The molecule has 140 valence electrons. The fourth-order valence-corrected chi connectivity index (χ4v) is 3.82. The topological polar surface area (TPSA) is 74.8 Å². The molecule has 2 unspecified atom stereocenters. The minimum absolute atomic E-state index is 0.0453. The first-order chi connectivity index (χ1) is 13.2. The van der Waals surface area contributed by atoms with Gasteiger partial charge in [0.25, 0.3) is 0 Å². The average molecular weight is 363 g/mol. The molecule has 0 radical (unpaired) electrons. The molecule has 2 aromatic heterocycles. The molecule has 1 aliphatic heterocycles. The van der Waals surface area contributed by atoms with Crippen LogP contribution >= 0.6 is 0 Å². The third kappa shape index (κ3) is 3.57. The Labute approximate surface area is 159 Å². The molecule has 6 heteroatoms. The second-order valence-electron chi connectivity index (χ2n) is 7.26. The van der Waals surface area contributed by atoms with Crippen LogP contribution < -0.4 is 5.32 Å².